The number of rotatable bonds is 6. The summed E-state index contributed by atoms with van der Waals surface area (Å²) >= 11 is 0. The van der Waals surface area contributed by atoms with Crippen LogP contribution in [0.3, 0.4) is 0 Å². The second kappa shape index (κ2) is 8.14. The Bertz CT molecular complexity index is 835. The largest absolute Gasteiger partial charge is 0.463 e. The van der Waals surface area contributed by atoms with Gasteiger partial charge in [-0.1, -0.05) is 6.08 Å². The fraction of sp³-hybridized carbons (Fsp3) is 0.476. The van der Waals surface area contributed by atoms with Crippen molar-refractivity contribution >= 4 is 6.03 Å². The fourth-order valence-electron chi connectivity index (χ4n) is 4.45. The predicted molar refractivity (Wildman–Crippen MR) is 107 cm³/mol. The van der Waals surface area contributed by atoms with E-state index in [0.29, 0.717) is 31.0 Å². The van der Waals surface area contributed by atoms with Crippen molar-refractivity contribution in [1.29, 1.82) is 0 Å². The minimum Gasteiger partial charge on any atom is -0.463 e. The van der Waals surface area contributed by atoms with Gasteiger partial charge in [0.05, 0.1) is 6.26 Å². The number of aromatic nitrogens is 2. The van der Waals surface area contributed by atoms with Gasteiger partial charge in [-0.05, 0) is 50.4 Å². The molecule has 4 unspecified atom stereocenters. The van der Waals surface area contributed by atoms with E-state index in [4.69, 9.17) is 9.40 Å². The van der Waals surface area contributed by atoms with E-state index in [1.165, 1.54) is 6.42 Å². The van der Waals surface area contributed by atoms with E-state index in [1.807, 2.05) is 19.1 Å². The molecule has 0 aromatic carbocycles. The Kier molecular flexibility index (Phi) is 5.43. The smallest absolute Gasteiger partial charge is 0.315 e. The second-order valence-corrected chi connectivity index (χ2v) is 7.62. The van der Waals surface area contributed by atoms with Crippen LogP contribution in [0.15, 0.2) is 41.5 Å². The van der Waals surface area contributed by atoms with Crippen LogP contribution in [-0.2, 0) is 0 Å². The first-order valence-corrected chi connectivity index (χ1v) is 9.90. The van der Waals surface area contributed by atoms with E-state index in [-0.39, 0.29) is 6.03 Å². The van der Waals surface area contributed by atoms with Gasteiger partial charge in [0.1, 0.15) is 11.5 Å². The molecule has 3 saturated heterocycles. The van der Waals surface area contributed by atoms with Crippen molar-refractivity contribution in [2.45, 2.75) is 31.7 Å². The van der Waals surface area contributed by atoms with Crippen LogP contribution in [-0.4, -0.2) is 53.1 Å². The third-order valence-electron chi connectivity index (χ3n) is 5.80. The van der Waals surface area contributed by atoms with Crippen LogP contribution in [0.25, 0.3) is 11.5 Å². The number of amides is 2. The summed E-state index contributed by atoms with van der Waals surface area (Å²) in [6.45, 7) is 8.76. The zero-order valence-corrected chi connectivity index (χ0v) is 16.2. The molecular formula is C21H27N5O2. The maximum absolute atomic E-state index is 11.8. The molecule has 2 N–H and O–H groups in total. The van der Waals surface area contributed by atoms with Crippen molar-refractivity contribution in [1.82, 2.24) is 25.5 Å². The number of furan rings is 1. The summed E-state index contributed by atoms with van der Waals surface area (Å²) in [7, 11) is 0. The van der Waals surface area contributed by atoms with E-state index < -0.39 is 0 Å². The SMILES string of the molecule is C=CCNC(=O)NCC1CC2CCN1CC2c1cc(-c2ccco2)nc(C)n1. The van der Waals surface area contributed by atoms with Crippen molar-refractivity contribution in [2.24, 2.45) is 5.92 Å². The van der Waals surface area contributed by atoms with E-state index in [1.54, 1.807) is 12.3 Å². The number of nitrogens with one attached hydrogen (secondary N) is 2. The number of nitrogens with zero attached hydrogens (tertiary/aromatic N) is 3. The van der Waals surface area contributed by atoms with Gasteiger partial charge in [-0.3, -0.25) is 4.90 Å². The molecule has 2 aromatic rings. The van der Waals surface area contributed by atoms with Crippen LogP contribution in [0, 0.1) is 12.8 Å². The van der Waals surface area contributed by atoms with Crippen molar-refractivity contribution in [3.8, 4) is 11.5 Å². The fourth-order valence-corrected chi connectivity index (χ4v) is 4.45. The van der Waals surface area contributed by atoms with Crippen LogP contribution in [0.1, 0.15) is 30.3 Å². The highest BCUT2D eigenvalue weighted by atomic mass is 16.3. The van der Waals surface area contributed by atoms with Crippen molar-refractivity contribution < 1.29 is 9.21 Å². The lowest BCUT2D eigenvalue weighted by Crippen LogP contribution is -2.56. The molecule has 0 radical (unpaired) electrons. The molecule has 2 aromatic heterocycles. The van der Waals surface area contributed by atoms with Gasteiger partial charge in [0, 0.05) is 37.3 Å². The molecule has 4 atom stereocenters. The molecule has 3 fully saturated rings. The summed E-state index contributed by atoms with van der Waals surface area (Å²) in [5.41, 5.74) is 1.95. The number of fused-ring (bicyclic) bond motifs is 3. The minimum absolute atomic E-state index is 0.131. The molecule has 2 bridgehead atoms. The molecule has 0 saturated carbocycles. The van der Waals surface area contributed by atoms with E-state index in [2.05, 4.69) is 33.2 Å². The summed E-state index contributed by atoms with van der Waals surface area (Å²) in [4.78, 5) is 23.6. The summed E-state index contributed by atoms with van der Waals surface area (Å²) in [6, 6.07) is 6.14. The predicted octanol–water partition coefficient (Wildman–Crippen LogP) is 2.71. The van der Waals surface area contributed by atoms with Gasteiger partial charge in [-0.15, -0.1) is 6.58 Å². The van der Waals surface area contributed by atoms with Gasteiger partial charge in [0.2, 0.25) is 0 Å². The Morgan fingerprint density at radius 3 is 3.04 bits per heavy atom. The Balaban J connectivity index is 1.44. The molecule has 5 rings (SSSR count). The summed E-state index contributed by atoms with van der Waals surface area (Å²) in [5.74, 6) is 2.53. The zero-order valence-electron chi connectivity index (χ0n) is 16.2. The Labute approximate surface area is 165 Å². The molecule has 0 spiro atoms. The molecule has 3 aliphatic heterocycles. The number of hydrogen-bond donors (Lipinski definition) is 2. The van der Waals surface area contributed by atoms with Gasteiger partial charge >= 0.3 is 6.03 Å². The Hall–Kier alpha value is -2.67. The summed E-state index contributed by atoms with van der Waals surface area (Å²) in [6.07, 6.45) is 5.59. The Morgan fingerprint density at radius 2 is 2.32 bits per heavy atom. The van der Waals surface area contributed by atoms with E-state index in [9.17, 15) is 4.79 Å². The lowest BCUT2D eigenvalue weighted by atomic mass is 9.74. The second-order valence-electron chi connectivity index (χ2n) is 7.62. The van der Waals surface area contributed by atoms with E-state index in [0.717, 1.165) is 42.5 Å². The maximum Gasteiger partial charge on any atom is 0.315 e. The number of hydrogen-bond acceptors (Lipinski definition) is 5. The third-order valence-corrected chi connectivity index (χ3v) is 5.80. The molecule has 7 heteroatoms. The number of aryl methyl sites for hydroxylation is 1. The highest BCUT2D eigenvalue weighted by Crippen LogP contribution is 2.41. The molecule has 2 amide bonds. The molecular weight excluding hydrogens is 354 g/mol. The molecule has 148 valence electrons. The average molecular weight is 381 g/mol. The number of carbonyl (C=O) groups is 1. The monoisotopic (exact) mass is 381 g/mol. The van der Waals surface area contributed by atoms with Crippen molar-refractivity contribution in [3.63, 3.8) is 0 Å². The number of carbonyl (C=O) groups excluding carboxylic acids is 1. The van der Waals surface area contributed by atoms with Crippen LogP contribution in [0.5, 0.6) is 0 Å². The van der Waals surface area contributed by atoms with E-state index >= 15 is 0 Å². The summed E-state index contributed by atoms with van der Waals surface area (Å²) < 4.78 is 5.53. The molecule has 28 heavy (non-hydrogen) atoms. The number of piperidine rings is 3. The highest BCUT2D eigenvalue weighted by molar-refractivity contribution is 5.73. The topological polar surface area (TPSA) is 83.3 Å². The lowest BCUT2D eigenvalue weighted by molar-refractivity contribution is 0.0305. The van der Waals surface area contributed by atoms with Crippen molar-refractivity contribution in [2.75, 3.05) is 26.2 Å². The first-order valence-electron chi connectivity index (χ1n) is 9.90. The Morgan fingerprint density at radius 1 is 1.43 bits per heavy atom. The van der Waals surface area contributed by atoms with Crippen LogP contribution in [0.4, 0.5) is 4.79 Å². The van der Waals surface area contributed by atoms with Gasteiger partial charge < -0.3 is 15.1 Å². The first kappa shape index (κ1) is 18.7. The average Bonchev–Trinajstić information content (AvgIpc) is 3.25. The van der Waals surface area contributed by atoms with Crippen LogP contribution in [0.2, 0.25) is 0 Å². The number of urea groups is 1. The zero-order chi connectivity index (χ0) is 19.5. The third kappa shape index (κ3) is 3.94. The van der Waals surface area contributed by atoms with Gasteiger partial charge in [-0.25, -0.2) is 14.8 Å². The normalized spacial score (nSPS) is 26.0. The lowest BCUT2D eigenvalue weighted by Gasteiger charge is -2.49. The molecule has 0 aliphatic carbocycles. The van der Waals surface area contributed by atoms with Crippen molar-refractivity contribution in [3.05, 3.63) is 48.6 Å². The van der Waals surface area contributed by atoms with Crippen LogP contribution >= 0.6 is 0 Å². The van der Waals surface area contributed by atoms with Gasteiger partial charge in [-0.2, -0.15) is 0 Å². The molecule has 7 nitrogen and oxygen atoms in total. The van der Waals surface area contributed by atoms with Gasteiger partial charge in [0.15, 0.2) is 5.76 Å². The maximum atomic E-state index is 11.8. The standard InChI is InChI=1S/C21H27N5O2/c1-3-7-22-21(27)23-12-16-10-15-6-8-26(16)13-17(15)18-11-19(25-14(2)24-18)20-5-4-9-28-20/h3-5,9,11,15-17H,1,6-8,10,12-13H2,2H3,(H2,22,23,27). The van der Waals surface area contributed by atoms with Crippen LogP contribution < -0.4 is 10.6 Å². The molecule has 3 aliphatic rings. The first-order chi connectivity index (χ1) is 13.6. The van der Waals surface area contributed by atoms with Gasteiger partial charge in [0.25, 0.3) is 0 Å². The minimum atomic E-state index is -0.131. The highest BCUT2D eigenvalue weighted by Gasteiger charge is 2.41. The summed E-state index contributed by atoms with van der Waals surface area (Å²) in [5, 5.41) is 5.75. The molecule has 5 heterocycles. The quantitative estimate of drug-likeness (QED) is 0.752.